The number of esters is 1. The number of morpholine rings is 1. The summed E-state index contributed by atoms with van der Waals surface area (Å²) in [6.07, 6.45) is -0.160. The monoisotopic (exact) mass is 672 g/mol. The van der Waals surface area contributed by atoms with Crippen LogP contribution >= 0.6 is 37.2 Å². The Bertz CT molecular complexity index is 1270. The molecule has 2 aromatic rings. The first-order valence-electron chi connectivity index (χ1n) is 14.4. The fraction of sp³-hybridized carbons (Fsp3) is 0.516. The van der Waals surface area contributed by atoms with Gasteiger partial charge >= 0.3 is 11.9 Å². The molecule has 13 heteroatoms. The lowest BCUT2D eigenvalue weighted by molar-refractivity contribution is -0.137. The van der Waals surface area contributed by atoms with Crippen molar-refractivity contribution in [1.29, 1.82) is 0 Å². The maximum absolute atomic E-state index is 12.8. The van der Waals surface area contributed by atoms with E-state index < -0.39 is 11.4 Å². The summed E-state index contributed by atoms with van der Waals surface area (Å²) in [6, 6.07) is 12.5. The third-order valence-corrected chi connectivity index (χ3v) is 8.54. The Labute approximate surface area is 277 Å². The van der Waals surface area contributed by atoms with Crippen molar-refractivity contribution in [2.45, 2.75) is 18.8 Å². The van der Waals surface area contributed by atoms with Crippen molar-refractivity contribution in [3.8, 4) is 5.75 Å². The molecule has 3 heterocycles. The highest BCUT2D eigenvalue weighted by atomic mass is 35.5. The summed E-state index contributed by atoms with van der Waals surface area (Å²) in [4.78, 5) is 36.8. The first-order valence-corrected chi connectivity index (χ1v) is 14.4. The Hall–Kier alpha value is -2.44. The molecule has 10 nitrogen and oxygen atoms in total. The van der Waals surface area contributed by atoms with E-state index in [0.29, 0.717) is 30.2 Å². The second-order valence-electron chi connectivity index (χ2n) is 10.9. The van der Waals surface area contributed by atoms with E-state index in [4.69, 9.17) is 14.2 Å². The molecule has 0 bridgehead atoms. The molecular formula is C31H43Cl3N4O6. The van der Waals surface area contributed by atoms with Crippen LogP contribution in [0.3, 0.4) is 0 Å². The van der Waals surface area contributed by atoms with Gasteiger partial charge in [-0.15, -0.1) is 37.2 Å². The van der Waals surface area contributed by atoms with Gasteiger partial charge in [-0.1, -0.05) is 12.1 Å². The highest BCUT2D eigenvalue weighted by molar-refractivity contribution is 6.05. The Balaban J connectivity index is 0.00000225. The molecule has 0 spiro atoms. The fourth-order valence-corrected chi connectivity index (χ4v) is 6.05. The van der Waals surface area contributed by atoms with Crippen LogP contribution in [0.4, 0.5) is 5.69 Å². The number of carbonyl (C=O) groups is 2. The molecule has 0 aromatic heterocycles. The average molecular weight is 674 g/mol. The van der Waals surface area contributed by atoms with E-state index in [9.17, 15) is 14.7 Å². The van der Waals surface area contributed by atoms with Crippen LogP contribution in [0.2, 0.25) is 0 Å². The summed E-state index contributed by atoms with van der Waals surface area (Å²) >= 11 is 0. The Morgan fingerprint density at radius 3 is 2.07 bits per heavy atom. The number of carbonyl (C=O) groups excluding carboxylic acids is 1. The maximum atomic E-state index is 12.8. The van der Waals surface area contributed by atoms with Gasteiger partial charge in [0.25, 0.3) is 0 Å². The van der Waals surface area contributed by atoms with E-state index in [2.05, 4.69) is 19.7 Å². The van der Waals surface area contributed by atoms with Crippen LogP contribution in [0.25, 0.3) is 0 Å². The molecule has 3 aliphatic rings. The lowest BCUT2D eigenvalue weighted by atomic mass is 9.70. The molecule has 244 valence electrons. The standard InChI is InChI=1S/C31H40N4O6.3ClH/c1-23-31(22-29(36)37,27-21-26(39-2)7-8-28(27)32-23)25-5-3-24(4-6-25)30(38)41-20-17-34-12-9-33(10-13-34)11-14-35-15-18-40-19-16-35;;;/h3-8,21H,9-20,22H2,1-2H3,(H,36,37);3*1H. The van der Waals surface area contributed by atoms with Crippen molar-refractivity contribution in [3.05, 3.63) is 59.2 Å². The zero-order valence-electron chi connectivity index (χ0n) is 25.2. The molecule has 2 fully saturated rings. The number of carboxylic acids is 1. The lowest BCUT2D eigenvalue weighted by Gasteiger charge is -2.36. The van der Waals surface area contributed by atoms with E-state index >= 15 is 0 Å². The molecule has 44 heavy (non-hydrogen) atoms. The average Bonchev–Trinajstić information content (AvgIpc) is 3.27. The number of carboxylic acid groups (broad SMARTS) is 1. The molecule has 0 radical (unpaired) electrons. The number of hydrogen-bond acceptors (Lipinski definition) is 9. The van der Waals surface area contributed by atoms with Crippen molar-refractivity contribution in [2.75, 3.05) is 85.8 Å². The van der Waals surface area contributed by atoms with E-state index in [1.54, 1.807) is 19.2 Å². The Kier molecular flexibility index (Phi) is 14.8. The van der Waals surface area contributed by atoms with Crippen molar-refractivity contribution < 1.29 is 28.9 Å². The van der Waals surface area contributed by atoms with Crippen molar-refractivity contribution in [1.82, 2.24) is 14.7 Å². The highest BCUT2D eigenvalue weighted by Crippen LogP contribution is 2.48. The van der Waals surface area contributed by atoms with E-state index in [0.717, 1.165) is 82.4 Å². The normalized spacial score (nSPS) is 20.3. The number of aliphatic carboxylic acids is 1. The Morgan fingerprint density at radius 1 is 0.886 bits per heavy atom. The summed E-state index contributed by atoms with van der Waals surface area (Å²) in [5.41, 5.74) is 2.46. The zero-order chi connectivity index (χ0) is 28.8. The van der Waals surface area contributed by atoms with Gasteiger partial charge in [0.15, 0.2) is 0 Å². The number of benzene rings is 2. The summed E-state index contributed by atoms with van der Waals surface area (Å²) < 4.78 is 16.4. The quantitative estimate of drug-likeness (QED) is 0.356. The number of piperazine rings is 1. The molecule has 1 unspecified atom stereocenters. The largest absolute Gasteiger partial charge is 0.497 e. The van der Waals surface area contributed by atoms with E-state index in [-0.39, 0.29) is 49.6 Å². The summed E-state index contributed by atoms with van der Waals surface area (Å²) in [7, 11) is 1.58. The third-order valence-electron chi connectivity index (χ3n) is 8.54. The molecule has 2 aromatic carbocycles. The molecule has 5 rings (SSSR count). The number of aliphatic imine (C=N–C) groups is 1. The van der Waals surface area contributed by atoms with Gasteiger partial charge in [-0.2, -0.15) is 0 Å². The van der Waals surface area contributed by atoms with Crippen molar-refractivity contribution in [3.63, 3.8) is 0 Å². The number of fused-ring (bicyclic) bond motifs is 1. The van der Waals surface area contributed by atoms with Gasteiger partial charge in [0.05, 0.1) is 43.4 Å². The molecule has 3 aliphatic heterocycles. The molecule has 0 amide bonds. The lowest BCUT2D eigenvalue weighted by Crippen LogP contribution is -2.50. The van der Waals surface area contributed by atoms with Gasteiger partial charge in [0.2, 0.25) is 0 Å². The van der Waals surface area contributed by atoms with Crippen LogP contribution in [-0.2, 0) is 19.7 Å². The molecule has 0 saturated carbocycles. The molecule has 1 N–H and O–H groups in total. The van der Waals surface area contributed by atoms with Crippen LogP contribution in [0, 0.1) is 0 Å². The number of methoxy groups -OCH3 is 1. The van der Waals surface area contributed by atoms with Crippen LogP contribution in [0.15, 0.2) is 47.5 Å². The predicted molar refractivity (Wildman–Crippen MR) is 177 cm³/mol. The van der Waals surface area contributed by atoms with Crippen LogP contribution < -0.4 is 4.74 Å². The Morgan fingerprint density at radius 2 is 1.48 bits per heavy atom. The van der Waals surface area contributed by atoms with Crippen LogP contribution in [0.5, 0.6) is 5.75 Å². The van der Waals surface area contributed by atoms with Gasteiger partial charge in [-0.05, 0) is 48.4 Å². The number of nitrogens with zero attached hydrogens (tertiary/aromatic N) is 4. The SMILES string of the molecule is COc1ccc2c(c1)C(CC(=O)O)(c1ccc(C(=O)OCCN3CCN(CCN4CCOCC4)CC3)cc1)C(C)=N2.Cl.Cl.Cl. The minimum Gasteiger partial charge on any atom is -0.497 e. The fourth-order valence-electron chi connectivity index (χ4n) is 6.05. The van der Waals surface area contributed by atoms with Crippen molar-refractivity contribution >= 4 is 60.6 Å². The second-order valence-corrected chi connectivity index (χ2v) is 10.9. The smallest absolute Gasteiger partial charge is 0.338 e. The molecule has 0 aliphatic carbocycles. The van der Waals surface area contributed by atoms with Gasteiger partial charge < -0.3 is 19.3 Å². The van der Waals surface area contributed by atoms with E-state index in [1.807, 2.05) is 37.3 Å². The maximum Gasteiger partial charge on any atom is 0.338 e. The van der Waals surface area contributed by atoms with E-state index in [1.165, 1.54) is 0 Å². The summed E-state index contributed by atoms with van der Waals surface area (Å²) in [5, 5.41) is 9.84. The summed E-state index contributed by atoms with van der Waals surface area (Å²) in [5.74, 6) is -0.679. The first-order chi connectivity index (χ1) is 19.9. The molecule has 1 atom stereocenters. The third kappa shape index (κ3) is 8.63. The first kappa shape index (κ1) is 37.7. The minimum atomic E-state index is -0.942. The highest BCUT2D eigenvalue weighted by Gasteiger charge is 2.45. The van der Waals surface area contributed by atoms with Gasteiger partial charge in [-0.25, -0.2) is 4.79 Å². The van der Waals surface area contributed by atoms with Crippen molar-refractivity contribution in [2.24, 2.45) is 4.99 Å². The van der Waals surface area contributed by atoms with Gasteiger partial charge in [0.1, 0.15) is 12.4 Å². The van der Waals surface area contributed by atoms with Crippen LogP contribution in [0.1, 0.15) is 34.8 Å². The number of hydrogen-bond donors (Lipinski definition) is 1. The molecular weight excluding hydrogens is 631 g/mol. The number of ether oxygens (including phenoxy) is 3. The number of rotatable bonds is 11. The minimum absolute atomic E-state index is 0. The topological polar surface area (TPSA) is 104 Å². The second kappa shape index (κ2) is 17.3. The zero-order valence-corrected chi connectivity index (χ0v) is 27.7. The van der Waals surface area contributed by atoms with Gasteiger partial charge in [-0.3, -0.25) is 24.5 Å². The van der Waals surface area contributed by atoms with Crippen LogP contribution in [-0.4, -0.2) is 123 Å². The summed E-state index contributed by atoms with van der Waals surface area (Å²) in [6.45, 7) is 12.7. The number of halogens is 3. The van der Waals surface area contributed by atoms with Gasteiger partial charge in [0, 0.05) is 64.6 Å². The predicted octanol–water partition coefficient (Wildman–Crippen LogP) is 3.93. The molecule has 2 saturated heterocycles.